The van der Waals surface area contributed by atoms with Gasteiger partial charge in [0.25, 0.3) is 0 Å². The zero-order chi connectivity index (χ0) is 22.9. The molecular formula is C27H29N3O3. The Labute approximate surface area is 194 Å². The van der Waals surface area contributed by atoms with Crippen LogP contribution in [0.5, 0.6) is 17.5 Å². The van der Waals surface area contributed by atoms with Gasteiger partial charge in [-0.2, -0.15) is 4.98 Å². The van der Waals surface area contributed by atoms with E-state index in [2.05, 4.69) is 60.1 Å². The van der Waals surface area contributed by atoms with Gasteiger partial charge in [0.15, 0.2) is 0 Å². The van der Waals surface area contributed by atoms with Crippen molar-refractivity contribution in [3.8, 4) is 23.2 Å². The molecule has 6 heteroatoms. The van der Waals surface area contributed by atoms with Crippen molar-refractivity contribution in [3.63, 3.8) is 0 Å². The zero-order valence-electron chi connectivity index (χ0n) is 19.5. The molecule has 1 atom stereocenters. The van der Waals surface area contributed by atoms with E-state index in [-0.39, 0.29) is 6.10 Å². The lowest BCUT2D eigenvalue weighted by molar-refractivity contribution is 0.255. The first kappa shape index (κ1) is 21.2. The molecular weight excluding hydrogens is 414 g/mol. The van der Waals surface area contributed by atoms with Crippen LogP contribution in [0.15, 0.2) is 54.6 Å². The molecule has 0 radical (unpaired) electrons. The van der Waals surface area contributed by atoms with E-state index in [0.717, 1.165) is 40.3 Å². The van der Waals surface area contributed by atoms with E-state index in [9.17, 15) is 0 Å². The van der Waals surface area contributed by atoms with Gasteiger partial charge in [-0.15, -0.1) is 0 Å². The lowest BCUT2D eigenvalue weighted by atomic mass is 10.1. The first-order valence-electron chi connectivity index (χ1n) is 11.4. The van der Waals surface area contributed by atoms with Gasteiger partial charge in [0.1, 0.15) is 17.6 Å². The van der Waals surface area contributed by atoms with Crippen LogP contribution in [-0.2, 0) is 13.0 Å². The number of benzene rings is 3. The molecule has 6 nitrogen and oxygen atoms in total. The Kier molecular flexibility index (Phi) is 5.58. The maximum Gasteiger partial charge on any atom is 0.302 e. The van der Waals surface area contributed by atoms with Crippen molar-refractivity contribution in [2.24, 2.45) is 0 Å². The second-order valence-electron chi connectivity index (χ2n) is 8.39. The highest BCUT2D eigenvalue weighted by molar-refractivity contribution is 5.81. The van der Waals surface area contributed by atoms with E-state index < -0.39 is 0 Å². The molecule has 0 bridgehead atoms. The molecule has 0 saturated carbocycles. The molecule has 4 aromatic rings. The topological polar surface area (TPSA) is 57.5 Å². The molecule has 1 N–H and O–H groups in total. The van der Waals surface area contributed by atoms with Crippen LogP contribution >= 0.6 is 0 Å². The second-order valence-corrected chi connectivity index (χ2v) is 8.39. The van der Waals surface area contributed by atoms with Crippen molar-refractivity contribution < 1.29 is 14.2 Å². The number of ether oxygens (including phenoxy) is 3. The molecule has 33 heavy (non-hydrogen) atoms. The third-order valence-electron chi connectivity index (χ3n) is 6.15. The van der Waals surface area contributed by atoms with Gasteiger partial charge in [0.2, 0.25) is 0 Å². The summed E-state index contributed by atoms with van der Waals surface area (Å²) in [5.74, 6) is 1.77. The number of hydrogen-bond acceptors (Lipinski definition) is 5. The van der Waals surface area contributed by atoms with Crippen LogP contribution in [0.2, 0.25) is 0 Å². The predicted molar refractivity (Wildman–Crippen MR) is 131 cm³/mol. The van der Waals surface area contributed by atoms with Gasteiger partial charge in [-0.1, -0.05) is 18.2 Å². The van der Waals surface area contributed by atoms with E-state index in [1.807, 2.05) is 25.1 Å². The summed E-state index contributed by atoms with van der Waals surface area (Å²) in [5.41, 5.74) is 7.57. The normalized spacial score (nSPS) is 14.7. The molecule has 3 aromatic carbocycles. The molecule has 170 valence electrons. The average Bonchev–Trinajstić information content (AvgIpc) is 3.36. The minimum atomic E-state index is 0.248. The standard InChI is InChI=1S/C27H29N3O3/c1-5-32-27-29-23-12-11-22(31-4)15-25(23)30(27)24-8-6-7-20(18(24)3)16-28-21-10-9-19-13-17(2)33-26(19)14-21/h6-12,14-15,17,28H,5,13,16H2,1-4H3. The third kappa shape index (κ3) is 3.97. The largest absolute Gasteiger partial charge is 0.497 e. The van der Waals surface area contributed by atoms with Crippen LogP contribution in [0.1, 0.15) is 30.5 Å². The fourth-order valence-electron chi connectivity index (χ4n) is 4.43. The maximum absolute atomic E-state index is 5.91. The molecule has 0 fully saturated rings. The Hall–Kier alpha value is -3.67. The molecule has 2 heterocycles. The first-order chi connectivity index (χ1) is 16.1. The van der Waals surface area contributed by atoms with Gasteiger partial charge in [-0.05, 0) is 61.7 Å². The SMILES string of the molecule is CCOc1nc2ccc(OC)cc2n1-c1cccc(CNc2ccc3c(c2)OC(C)C3)c1C. The van der Waals surface area contributed by atoms with Crippen LogP contribution in [0.4, 0.5) is 5.69 Å². The Bertz CT molecular complexity index is 1310. The number of rotatable bonds is 7. The number of nitrogens with zero attached hydrogens (tertiary/aromatic N) is 2. The maximum atomic E-state index is 5.91. The number of imidazole rings is 1. The molecule has 1 unspecified atom stereocenters. The van der Waals surface area contributed by atoms with Crippen molar-refractivity contribution in [1.82, 2.24) is 9.55 Å². The van der Waals surface area contributed by atoms with Crippen molar-refractivity contribution in [3.05, 3.63) is 71.3 Å². The molecule has 5 rings (SSSR count). The molecule has 1 aromatic heterocycles. The zero-order valence-corrected chi connectivity index (χ0v) is 19.5. The number of anilines is 1. The Balaban J connectivity index is 1.48. The Morgan fingerprint density at radius 1 is 1.15 bits per heavy atom. The number of nitrogens with one attached hydrogen (secondary N) is 1. The highest BCUT2D eigenvalue weighted by Crippen LogP contribution is 2.33. The van der Waals surface area contributed by atoms with Gasteiger partial charge in [-0.25, -0.2) is 0 Å². The molecule has 0 aliphatic carbocycles. The minimum absolute atomic E-state index is 0.248. The van der Waals surface area contributed by atoms with Crippen LogP contribution in [0, 0.1) is 6.92 Å². The molecule has 1 aliphatic rings. The molecule has 1 aliphatic heterocycles. The van der Waals surface area contributed by atoms with Crippen LogP contribution in [-0.4, -0.2) is 29.4 Å². The van der Waals surface area contributed by atoms with E-state index >= 15 is 0 Å². The highest BCUT2D eigenvalue weighted by Gasteiger charge is 2.20. The predicted octanol–water partition coefficient (Wildman–Crippen LogP) is 5.68. The van der Waals surface area contributed by atoms with Gasteiger partial charge in [-0.3, -0.25) is 4.57 Å². The minimum Gasteiger partial charge on any atom is -0.497 e. The Morgan fingerprint density at radius 3 is 2.85 bits per heavy atom. The van der Waals surface area contributed by atoms with E-state index in [4.69, 9.17) is 19.2 Å². The average molecular weight is 444 g/mol. The summed E-state index contributed by atoms with van der Waals surface area (Å²) < 4.78 is 19.4. The second kappa shape index (κ2) is 8.70. The summed E-state index contributed by atoms with van der Waals surface area (Å²) in [4.78, 5) is 4.71. The number of fused-ring (bicyclic) bond motifs is 2. The van der Waals surface area contributed by atoms with Crippen molar-refractivity contribution in [2.45, 2.75) is 39.8 Å². The highest BCUT2D eigenvalue weighted by atomic mass is 16.5. The monoisotopic (exact) mass is 443 g/mol. The van der Waals surface area contributed by atoms with Crippen LogP contribution < -0.4 is 19.5 Å². The lowest BCUT2D eigenvalue weighted by Crippen LogP contribution is -2.07. The van der Waals surface area contributed by atoms with Gasteiger partial charge in [0.05, 0.1) is 30.4 Å². The van der Waals surface area contributed by atoms with Crippen LogP contribution in [0.25, 0.3) is 16.7 Å². The van der Waals surface area contributed by atoms with Crippen molar-refractivity contribution >= 4 is 16.7 Å². The van der Waals surface area contributed by atoms with Crippen LogP contribution in [0.3, 0.4) is 0 Å². The third-order valence-corrected chi connectivity index (χ3v) is 6.15. The number of hydrogen-bond donors (Lipinski definition) is 1. The summed E-state index contributed by atoms with van der Waals surface area (Å²) in [5, 5.41) is 3.56. The molecule has 0 amide bonds. The fraction of sp³-hybridized carbons (Fsp3) is 0.296. The quantitative estimate of drug-likeness (QED) is 0.398. The van der Waals surface area contributed by atoms with Gasteiger partial charge >= 0.3 is 6.01 Å². The van der Waals surface area contributed by atoms with E-state index in [0.29, 0.717) is 19.2 Å². The summed E-state index contributed by atoms with van der Waals surface area (Å²) in [6.07, 6.45) is 1.22. The van der Waals surface area contributed by atoms with Gasteiger partial charge in [0, 0.05) is 30.8 Å². The van der Waals surface area contributed by atoms with Crippen molar-refractivity contribution in [2.75, 3.05) is 19.0 Å². The lowest BCUT2D eigenvalue weighted by Gasteiger charge is -2.16. The summed E-state index contributed by atoms with van der Waals surface area (Å²) in [6, 6.07) is 19.2. The molecule has 0 saturated heterocycles. The summed E-state index contributed by atoms with van der Waals surface area (Å²) >= 11 is 0. The smallest absolute Gasteiger partial charge is 0.302 e. The van der Waals surface area contributed by atoms with E-state index in [1.54, 1.807) is 7.11 Å². The van der Waals surface area contributed by atoms with Crippen molar-refractivity contribution in [1.29, 1.82) is 0 Å². The summed E-state index contributed by atoms with van der Waals surface area (Å²) in [7, 11) is 1.67. The summed E-state index contributed by atoms with van der Waals surface area (Å²) in [6.45, 7) is 7.46. The number of methoxy groups -OCH3 is 1. The van der Waals surface area contributed by atoms with E-state index in [1.165, 1.54) is 16.7 Å². The Morgan fingerprint density at radius 2 is 2.03 bits per heavy atom. The number of aromatic nitrogens is 2. The van der Waals surface area contributed by atoms with Gasteiger partial charge < -0.3 is 19.5 Å². The first-order valence-corrected chi connectivity index (χ1v) is 11.4. The molecule has 0 spiro atoms. The fourth-order valence-corrected chi connectivity index (χ4v) is 4.43.